The minimum absolute atomic E-state index is 0.127. The molecule has 2 aliphatic rings. The summed E-state index contributed by atoms with van der Waals surface area (Å²) in [5.74, 6) is 0. The van der Waals surface area contributed by atoms with Crippen LogP contribution in [-0.2, 0) is 0 Å². The molecule has 2 heterocycles. The van der Waals surface area contributed by atoms with E-state index < -0.39 is 0 Å². The molecular formula is C13H10Br2N2. The van der Waals surface area contributed by atoms with Gasteiger partial charge in [0.2, 0.25) is 0 Å². The van der Waals surface area contributed by atoms with E-state index in [1.54, 1.807) is 0 Å². The van der Waals surface area contributed by atoms with E-state index in [1.807, 2.05) is 12.2 Å². The molecule has 0 saturated carbocycles. The van der Waals surface area contributed by atoms with Gasteiger partial charge >= 0.3 is 0 Å². The molecule has 0 unspecified atom stereocenters. The first-order valence-corrected chi connectivity index (χ1v) is 7.12. The van der Waals surface area contributed by atoms with Crippen molar-refractivity contribution >= 4 is 43.6 Å². The number of allylic oxidation sites excluding steroid dienone is 3. The third kappa shape index (κ3) is 1.85. The molecule has 3 rings (SSSR count). The fraction of sp³-hybridized carbons (Fsp3) is 0.0769. The van der Waals surface area contributed by atoms with Gasteiger partial charge in [0.15, 0.2) is 0 Å². The van der Waals surface area contributed by atoms with Gasteiger partial charge in [-0.15, -0.1) is 0 Å². The fourth-order valence-electron chi connectivity index (χ4n) is 2.02. The normalized spacial score (nSPS) is 17.0. The summed E-state index contributed by atoms with van der Waals surface area (Å²) in [6.07, 6.45) is 10.4. The molecule has 0 aromatic heterocycles. The second kappa shape index (κ2) is 4.35. The summed E-state index contributed by atoms with van der Waals surface area (Å²) >= 11 is 7.14. The molecule has 2 aliphatic heterocycles. The molecule has 86 valence electrons. The maximum absolute atomic E-state index is 3.57. The summed E-state index contributed by atoms with van der Waals surface area (Å²) in [4.78, 5) is 0. The highest BCUT2D eigenvalue weighted by atomic mass is 79.9. The Morgan fingerprint density at radius 3 is 2.41 bits per heavy atom. The zero-order valence-corrected chi connectivity index (χ0v) is 12.1. The van der Waals surface area contributed by atoms with Crippen molar-refractivity contribution < 1.29 is 0 Å². The molecule has 0 atom stereocenters. The molecule has 4 heteroatoms. The molecule has 0 radical (unpaired) electrons. The van der Waals surface area contributed by atoms with Crippen LogP contribution in [0, 0.1) is 0 Å². The summed E-state index contributed by atoms with van der Waals surface area (Å²) in [6.45, 7) is 0. The van der Waals surface area contributed by atoms with Gasteiger partial charge in [-0.25, -0.2) is 0 Å². The molecule has 2 nitrogen and oxygen atoms in total. The zero-order chi connectivity index (χ0) is 11.8. The minimum atomic E-state index is 0.127. The number of nitrogens with zero attached hydrogens (tertiary/aromatic N) is 2. The first kappa shape index (κ1) is 11.1. The summed E-state index contributed by atoms with van der Waals surface area (Å²) in [7, 11) is 0. The van der Waals surface area contributed by atoms with E-state index in [1.165, 1.54) is 11.3 Å². The second-order valence-corrected chi connectivity index (χ2v) is 6.86. The summed E-state index contributed by atoms with van der Waals surface area (Å²) in [6, 6.07) is 8.36. The third-order valence-corrected chi connectivity index (χ3v) is 3.71. The van der Waals surface area contributed by atoms with Gasteiger partial charge in [-0.1, -0.05) is 50.1 Å². The molecule has 17 heavy (non-hydrogen) atoms. The van der Waals surface area contributed by atoms with E-state index in [-0.39, 0.29) is 3.74 Å². The van der Waals surface area contributed by atoms with Crippen molar-refractivity contribution in [2.75, 3.05) is 5.01 Å². The van der Waals surface area contributed by atoms with Crippen LogP contribution in [0.4, 0.5) is 5.69 Å². The standard InChI is InChI=1S/C13H10Br2N2/c14-13(15)12-9-10-5-1-2-6-11(10)16-7-3-4-8-17(12)16/h1-9,13H. The average molecular weight is 354 g/mol. The van der Waals surface area contributed by atoms with E-state index in [0.29, 0.717) is 0 Å². The molecule has 0 fully saturated rings. The molecule has 0 N–H and O–H groups in total. The Hall–Kier alpha value is -1.00. The quantitative estimate of drug-likeness (QED) is 0.697. The number of benzene rings is 1. The Morgan fingerprint density at radius 2 is 1.65 bits per heavy atom. The van der Waals surface area contributed by atoms with Gasteiger partial charge in [0.1, 0.15) is 3.74 Å². The van der Waals surface area contributed by atoms with Crippen molar-refractivity contribution in [3.05, 3.63) is 60.1 Å². The number of hydrazine groups is 1. The van der Waals surface area contributed by atoms with Crippen LogP contribution < -0.4 is 5.01 Å². The lowest BCUT2D eigenvalue weighted by molar-refractivity contribution is 0.464. The Balaban J connectivity index is 2.17. The maximum Gasteiger partial charge on any atom is 0.112 e. The number of rotatable bonds is 1. The lowest BCUT2D eigenvalue weighted by Gasteiger charge is -2.40. The van der Waals surface area contributed by atoms with Gasteiger partial charge in [0.25, 0.3) is 0 Å². The van der Waals surface area contributed by atoms with E-state index in [0.717, 1.165) is 5.70 Å². The Labute approximate surface area is 117 Å². The van der Waals surface area contributed by atoms with Crippen LogP contribution in [0.3, 0.4) is 0 Å². The Bertz CT molecular complexity index is 532. The number of hydrogen-bond donors (Lipinski definition) is 0. The number of fused-ring (bicyclic) bond motifs is 3. The van der Waals surface area contributed by atoms with Crippen molar-refractivity contribution in [2.24, 2.45) is 0 Å². The van der Waals surface area contributed by atoms with Crippen LogP contribution in [0.2, 0.25) is 0 Å². The number of alkyl halides is 2. The SMILES string of the molecule is BrC(Br)C1=Cc2ccccc2N2C=CC=CN12. The van der Waals surface area contributed by atoms with Gasteiger partial charge in [0.05, 0.1) is 11.4 Å². The van der Waals surface area contributed by atoms with Crippen LogP contribution in [-0.4, -0.2) is 8.75 Å². The number of para-hydroxylation sites is 1. The Morgan fingerprint density at radius 1 is 0.941 bits per heavy atom. The zero-order valence-electron chi connectivity index (χ0n) is 8.92. The number of halogens is 2. The van der Waals surface area contributed by atoms with Gasteiger partial charge in [-0.2, -0.15) is 0 Å². The third-order valence-electron chi connectivity index (χ3n) is 2.77. The molecule has 1 aromatic carbocycles. The van der Waals surface area contributed by atoms with Crippen LogP contribution in [0.5, 0.6) is 0 Å². The molecule has 0 saturated heterocycles. The predicted molar refractivity (Wildman–Crippen MR) is 78.7 cm³/mol. The lowest BCUT2D eigenvalue weighted by atomic mass is 10.1. The summed E-state index contributed by atoms with van der Waals surface area (Å²) < 4.78 is 0.127. The van der Waals surface area contributed by atoms with Crippen molar-refractivity contribution in [2.45, 2.75) is 3.74 Å². The molecular weight excluding hydrogens is 344 g/mol. The van der Waals surface area contributed by atoms with E-state index in [9.17, 15) is 0 Å². The number of anilines is 1. The van der Waals surface area contributed by atoms with Crippen molar-refractivity contribution in [3.8, 4) is 0 Å². The topological polar surface area (TPSA) is 6.48 Å². The van der Waals surface area contributed by atoms with Gasteiger partial charge < -0.3 is 0 Å². The molecule has 1 aromatic rings. The van der Waals surface area contributed by atoms with Gasteiger partial charge in [-0.3, -0.25) is 10.0 Å². The van der Waals surface area contributed by atoms with Gasteiger partial charge in [0, 0.05) is 18.0 Å². The highest BCUT2D eigenvalue weighted by molar-refractivity contribution is 9.24. The highest BCUT2D eigenvalue weighted by Gasteiger charge is 2.26. The number of hydrogen-bond acceptors (Lipinski definition) is 2. The van der Waals surface area contributed by atoms with E-state index in [4.69, 9.17) is 0 Å². The van der Waals surface area contributed by atoms with Crippen molar-refractivity contribution in [3.63, 3.8) is 0 Å². The molecule has 0 spiro atoms. The highest BCUT2D eigenvalue weighted by Crippen LogP contribution is 2.37. The molecule has 0 bridgehead atoms. The van der Waals surface area contributed by atoms with Crippen molar-refractivity contribution in [1.29, 1.82) is 0 Å². The summed E-state index contributed by atoms with van der Waals surface area (Å²) in [5, 5.41) is 4.26. The minimum Gasteiger partial charge on any atom is -0.259 e. The van der Waals surface area contributed by atoms with E-state index >= 15 is 0 Å². The van der Waals surface area contributed by atoms with Crippen LogP contribution >= 0.6 is 31.9 Å². The molecule has 0 amide bonds. The Kier molecular flexibility index (Phi) is 2.84. The van der Waals surface area contributed by atoms with Crippen LogP contribution in [0.15, 0.2) is 54.5 Å². The van der Waals surface area contributed by atoms with E-state index in [2.05, 4.69) is 84.6 Å². The van der Waals surface area contributed by atoms with Crippen LogP contribution in [0.1, 0.15) is 5.56 Å². The van der Waals surface area contributed by atoms with Crippen molar-refractivity contribution in [1.82, 2.24) is 5.01 Å². The average Bonchev–Trinajstić information content (AvgIpc) is 2.37. The first-order valence-electron chi connectivity index (χ1n) is 5.29. The molecule has 0 aliphatic carbocycles. The first-order chi connectivity index (χ1) is 8.27. The monoisotopic (exact) mass is 352 g/mol. The largest absolute Gasteiger partial charge is 0.259 e. The predicted octanol–water partition coefficient (Wildman–Crippen LogP) is 4.22. The fourth-order valence-corrected chi connectivity index (χ4v) is 2.70. The summed E-state index contributed by atoms with van der Waals surface area (Å²) in [5.41, 5.74) is 3.57. The van der Waals surface area contributed by atoms with Gasteiger partial charge in [-0.05, 0) is 24.3 Å². The maximum atomic E-state index is 3.57. The van der Waals surface area contributed by atoms with Crippen LogP contribution in [0.25, 0.3) is 6.08 Å². The second-order valence-electron chi connectivity index (χ2n) is 3.80. The lowest BCUT2D eigenvalue weighted by Crippen LogP contribution is -2.39. The smallest absolute Gasteiger partial charge is 0.112 e.